The van der Waals surface area contributed by atoms with Crippen LogP contribution in [0.15, 0.2) is 78.9 Å². The summed E-state index contributed by atoms with van der Waals surface area (Å²) >= 11 is 0. The van der Waals surface area contributed by atoms with Crippen molar-refractivity contribution in [3.63, 3.8) is 0 Å². The second-order valence-electron chi connectivity index (χ2n) is 9.31. The van der Waals surface area contributed by atoms with Gasteiger partial charge < -0.3 is 14.7 Å². The van der Waals surface area contributed by atoms with E-state index in [4.69, 9.17) is 9.97 Å². The Morgan fingerprint density at radius 1 is 0.892 bits per heavy atom. The van der Waals surface area contributed by atoms with E-state index in [-0.39, 0.29) is 11.7 Å². The maximum atomic E-state index is 14.2. The SMILES string of the molecule is CCc1nc(N(CCC(=O)N2CCN(c3ccccc3F)CC2)Cc2ccccc2)c2ccccc2n1. The highest BCUT2D eigenvalue weighted by molar-refractivity contribution is 5.89. The molecule has 1 amide bonds. The number of halogens is 1. The number of para-hydroxylation sites is 2. The smallest absolute Gasteiger partial charge is 0.224 e. The molecular formula is C30H32FN5O. The summed E-state index contributed by atoms with van der Waals surface area (Å²) in [4.78, 5) is 29.0. The van der Waals surface area contributed by atoms with Gasteiger partial charge >= 0.3 is 0 Å². The molecule has 4 aromatic rings. The highest BCUT2D eigenvalue weighted by Gasteiger charge is 2.24. The van der Waals surface area contributed by atoms with Gasteiger partial charge in [0.15, 0.2) is 0 Å². The van der Waals surface area contributed by atoms with Gasteiger partial charge in [-0.3, -0.25) is 4.79 Å². The molecule has 6 nitrogen and oxygen atoms in total. The van der Waals surface area contributed by atoms with Crippen molar-refractivity contribution >= 4 is 28.3 Å². The maximum Gasteiger partial charge on any atom is 0.224 e. The van der Waals surface area contributed by atoms with Crippen molar-refractivity contribution < 1.29 is 9.18 Å². The number of carbonyl (C=O) groups is 1. The number of fused-ring (bicyclic) bond motifs is 1. The van der Waals surface area contributed by atoms with E-state index < -0.39 is 0 Å². The first kappa shape index (κ1) is 24.7. The molecule has 1 aliphatic rings. The van der Waals surface area contributed by atoms with Crippen LogP contribution in [0, 0.1) is 5.82 Å². The first-order valence-electron chi connectivity index (χ1n) is 12.9. The summed E-state index contributed by atoms with van der Waals surface area (Å²) < 4.78 is 14.2. The van der Waals surface area contributed by atoms with Crippen LogP contribution in [0.25, 0.3) is 10.9 Å². The molecule has 0 spiro atoms. The minimum atomic E-state index is -0.220. The Hall–Kier alpha value is -4.00. The number of benzene rings is 3. The first-order chi connectivity index (χ1) is 18.1. The zero-order chi connectivity index (χ0) is 25.6. The summed E-state index contributed by atoms with van der Waals surface area (Å²) in [6.07, 6.45) is 1.12. The third-order valence-corrected chi connectivity index (χ3v) is 6.88. The number of hydrogen-bond acceptors (Lipinski definition) is 5. The summed E-state index contributed by atoms with van der Waals surface area (Å²) in [7, 11) is 0. The fourth-order valence-corrected chi connectivity index (χ4v) is 4.86. The summed E-state index contributed by atoms with van der Waals surface area (Å²) in [5.41, 5.74) is 2.68. The Labute approximate surface area is 217 Å². The summed E-state index contributed by atoms with van der Waals surface area (Å²) in [5.74, 6) is 1.55. The summed E-state index contributed by atoms with van der Waals surface area (Å²) in [5, 5.41) is 0.988. The molecule has 0 aliphatic carbocycles. The Morgan fingerprint density at radius 3 is 2.35 bits per heavy atom. The van der Waals surface area contributed by atoms with Crippen LogP contribution in [0.2, 0.25) is 0 Å². The molecular weight excluding hydrogens is 465 g/mol. The van der Waals surface area contributed by atoms with Crippen LogP contribution >= 0.6 is 0 Å². The largest absolute Gasteiger partial charge is 0.366 e. The topological polar surface area (TPSA) is 52.6 Å². The van der Waals surface area contributed by atoms with Crippen LogP contribution in [-0.2, 0) is 17.8 Å². The quantitative estimate of drug-likeness (QED) is 0.340. The zero-order valence-electron chi connectivity index (χ0n) is 21.2. The predicted molar refractivity (Wildman–Crippen MR) is 146 cm³/mol. The van der Waals surface area contributed by atoms with Gasteiger partial charge in [-0.2, -0.15) is 0 Å². The van der Waals surface area contributed by atoms with Crippen LogP contribution in [0.4, 0.5) is 15.9 Å². The van der Waals surface area contributed by atoms with Crippen molar-refractivity contribution in [1.82, 2.24) is 14.9 Å². The summed E-state index contributed by atoms with van der Waals surface area (Å²) in [6, 6.07) is 25.1. The standard InChI is InChI=1S/C30H32FN5O/c1-2-28-32-26-14-8-6-12-24(26)30(33-28)36(22-23-10-4-3-5-11-23)17-16-29(37)35-20-18-34(19-21-35)27-15-9-7-13-25(27)31/h3-15H,2,16-22H2,1H3. The van der Waals surface area contributed by atoms with Crippen LogP contribution in [0.3, 0.4) is 0 Å². The third-order valence-electron chi connectivity index (χ3n) is 6.88. The van der Waals surface area contributed by atoms with E-state index in [1.165, 1.54) is 6.07 Å². The van der Waals surface area contributed by atoms with Gasteiger partial charge in [0.05, 0.1) is 11.2 Å². The lowest BCUT2D eigenvalue weighted by atomic mass is 10.1. The van der Waals surface area contributed by atoms with Crippen LogP contribution in [-0.4, -0.2) is 53.5 Å². The second kappa shape index (κ2) is 11.4. The monoisotopic (exact) mass is 497 g/mol. The minimum absolute atomic E-state index is 0.111. The lowest BCUT2D eigenvalue weighted by Gasteiger charge is -2.36. The molecule has 7 heteroatoms. The number of carbonyl (C=O) groups excluding carboxylic acids is 1. The predicted octanol–water partition coefficient (Wildman–Crippen LogP) is 5.08. The van der Waals surface area contributed by atoms with Crippen molar-refractivity contribution in [3.05, 3.63) is 96.1 Å². The number of anilines is 2. The lowest BCUT2D eigenvalue weighted by Crippen LogP contribution is -2.49. The van der Waals surface area contributed by atoms with Crippen molar-refractivity contribution in [2.24, 2.45) is 0 Å². The Balaban J connectivity index is 1.32. The Morgan fingerprint density at radius 2 is 1.59 bits per heavy atom. The van der Waals surface area contributed by atoms with E-state index in [1.54, 1.807) is 12.1 Å². The van der Waals surface area contributed by atoms with Crippen LogP contribution in [0.5, 0.6) is 0 Å². The average molecular weight is 498 g/mol. The number of aromatic nitrogens is 2. The Kier molecular flexibility index (Phi) is 7.59. The molecule has 1 fully saturated rings. The number of nitrogens with zero attached hydrogens (tertiary/aromatic N) is 5. The van der Waals surface area contributed by atoms with Crippen molar-refractivity contribution in [1.29, 1.82) is 0 Å². The van der Waals surface area contributed by atoms with Gasteiger partial charge in [-0.1, -0.05) is 61.5 Å². The molecule has 1 aromatic heterocycles. The zero-order valence-corrected chi connectivity index (χ0v) is 21.2. The molecule has 5 rings (SSSR count). The average Bonchev–Trinajstić information content (AvgIpc) is 2.95. The van der Waals surface area contributed by atoms with Crippen molar-refractivity contribution in [2.75, 3.05) is 42.5 Å². The normalized spacial score (nSPS) is 13.7. The first-order valence-corrected chi connectivity index (χ1v) is 12.9. The highest BCUT2D eigenvalue weighted by Crippen LogP contribution is 2.26. The fourth-order valence-electron chi connectivity index (χ4n) is 4.86. The highest BCUT2D eigenvalue weighted by atomic mass is 19.1. The number of aryl methyl sites for hydroxylation is 1. The van der Waals surface area contributed by atoms with Crippen LogP contribution in [0.1, 0.15) is 24.7 Å². The minimum Gasteiger partial charge on any atom is -0.366 e. The van der Waals surface area contributed by atoms with Gasteiger partial charge in [-0.05, 0) is 29.8 Å². The van der Waals surface area contributed by atoms with E-state index in [0.29, 0.717) is 51.4 Å². The molecule has 1 aliphatic heterocycles. The molecule has 0 N–H and O–H groups in total. The Bertz CT molecular complexity index is 1350. The van der Waals surface area contributed by atoms with E-state index >= 15 is 0 Å². The van der Waals surface area contributed by atoms with Gasteiger partial charge in [-0.25, -0.2) is 14.4 Å². The molecule has 37 heavy (non-hydrogen) atoms. The lowest BCUT2D eigenvalue weighted by molar-refractivity contribution is -0.131. The molecule has 3 aromatic carbocycles. The molecule has 0 atom stereocenters. The van der Waals surface area contributed by atoms with E-state index in [2.05, 4.69) is 24.0 Å². The van der Waals surface area contributed by atoms with E-state index in [9.17, 15) is 9.18 Å². The number of amides is 1. The van der Waals surface area contributed by atoms with Gasteiger partial charge in [0.1, 0.15) is 17.5 Å². The van der Waals surface area contributed by atoms with Crippen molar-refractivity contribution in [2.45, 2.75) is 26.3 Å². The maximum absolute atomic E-state index is 14.2. The van der Waals surface area contributed by atoms with E-state index in [0.717, 1.165) is 34.5 Å². The molecule has 0 bridgehead atoms. The van der Waals surface area contributed by atoms with Gasteiger partial charge in [0.2, 0.25) is 5.91 Å². The van der Waals surface area contributed by atoms with Crippen molar-refractivity contribution in [3.8, 4) is 0 Å². The molecule has 190 valence electrons. The van der Waals surface area contributed by atoms with Gasteiger partial charge in [0.25, 0.3) is 0 Å². The molecule has 0 radical (unpaired) electrons. The number of hydrogen-bond donors (Lipinski definition) is 0. The molecule has 2 heterocycles. The molecule has 0 unspecified atom stereocenters. The molecule has 1 saturated heterocycles. The van der Waals surface area contributed by atoms with Crippen LogP contribution < -0.4 is 9.80 Å². The van der Waals surface area contributed by atoms with E-state index in [1.807, 2.05) is 58.3 Å². The summed E-state index contributed by atoms with van der Waals surface area (Å²) in [6.45, 7) is 5.67. The number of rotatable bonds is 8. The second-order valence-corrected chi connectivity index (χ2v) is 9.31. The third kappa shape index (κ3) is 5.71. The van der Waals surface area contributed by atoms with Gasteiger partial charge in [0, 0.05) is 57.5 Å². The molecule has 0 saturated carbocycles. The fraction of sp³-hybridized carbons (Fsp3) is 0.300. The van der Waals surface area contributed by atoms with Gasteiger partial charge in [-0.15, -0.1) is 0 Å². The number of piperazine rings is 1.